The van der Waals surface area contributed by atoms with E-state index in [1.807, 2.05) is 26.8 Å². The van der Waals surface area contributed by atoms with Gasteiger partial charge in [0.05, 0.1) is 24.2 Å². The molecule has 0 saturated heterocycles. The first-order chi connectivity index (χ1) is 18.6. The second-order valence-electron chi connectivity index (χ2n) is 11.6. The van der Waals surface area contributed by atoms with Crippen molar-refractivity contribution in [1.29, 1.82) is 0 Å². The van der Waals surface area contributed by atoms with Gasteiger partial charge in [0.1, 0.15) is 11.1 Å². The first kappa shape index (κ1) is 33.3. The molecule has 1 aromatic rings. The van der Waals surface area contributed by atoms with Crippen LogP contribution in [0.4, 0.5) is 0 Å². The lowest BCUT2D eigenvalue weighted by molar-refractivity contribution is -0.0000208. The van der Waals surface area contributed by atoms with Crippen molar-refractivity contribution in [1.82, 2.24) is 0 Å². The summed E-state index contributed by atoms with van der Waals surface area (Å²) in [6, 6.07) is 6.02. The topological polar surface area (TPSA) is 57.2 Å². The Labute approximate surface area is 250 Å². The van der Waals surface area contributed by atoms with Gasteiger partial charge in [-0.3, -0.25) is 0 Å². The van der Waals surface area contributed by atoms with E-state index in [9.17, 15) is 5.11 Å². The summed E-state index contributed by atoms with van der Waals surface area (Å²) in [6.07, 6.45) is 20.7. The summed E-state index contributed by atoms with van der Waals surface area (Å²) in [4.78, 5) is 0. The summed E-state index contributed by atoms with van der Waals surface area (Å²) in [5, 5.41) is 12.4. The average Bonchev–Trinajstić information content (AvgIpc) is 2.95. The molecule has 1 N–H and O–H groups in total. The molecule has 3 aliphatic carbocycles. The minimum absolute atomic E-state index is 0. The molecule has 39 heavy (non-hydrogen) atoms. The zero-order valence-electron chi connectivity index (χ0n) is 24.8. The minimum atomic E-state index is -2.96. The molecule has 0 amide bonds. The maximum Gasteiger partial charge on any atom is 0.540 e. The van der Waals surface area contributed by atoms with Crippen molar-refractivity contribution in [2.75, 3.05) is 26.1 Å². The average molecular weight is 646 g/mol. The maximum absolute atomic E-state index is 11.0. The predicted octanol–water partition coefficient (Wildman–Crippen LogP) is 5.00. The lowest BCUT2D eigenvalue weighted by Crippen LogP contribution is -3.00. The number of aromatic hydroxyl groups is 1. The molecule has 4 rings (SSSR count). The SMILES string of the molecule is CCO[Si](COc1ccc(O)cc1[P+](C1CCCCC1)(C1CCCCC1)C1CCCCC1)(OCC)OCC.[Br-]. The fourth-order valence-electron chi connectivity index (χ4n) is 8.02. The molecule has 0 aromatic heterocycles. The maximum atomic E-state index is 11.0. The molecule has 8 heteroatoms. The number of halogens is 1. The van der Waals surface area contributed by atoms with Crippen LogP contribution < -0.4 is 27.0 Å². The van der Waals surface area contributed by atoms with Gasteiger partial charge in [-0.05, 0) is 110 Å². The molecule has 3 aliphatic rings. The van der Waals surface area contributed by atoms with Gasteiger partial charge in [0.15, 0.2) is 12.0 Å². The van der Waals surface area contributed by atoms with Crippen LogP contribution >= 0.6 is 7.26 Å². The van der Waals surface area contributed by atoms with Crippen molar-refractivity contribution >= 4 is 21.4 Å². The Hall–Kier alpha value is -0.173. The van der Waals surface area contributed by atoms with Crippen LogP contribution in [0.25, 0.3) is 0 Å². The van der Waals surface area contributed by atoms with E-state index < -0.39 is 16.1 Å². The van der Waals surface area contributed by atoms with Crippen molar-refractivity contribution in [3.63, 3.8) is 0 Å². The number of phenolic OH excluding ortho intramolecular Hbond substituents is 1. The van der Waals surface area contributed by atoms with Crippen LogP contribution in [0.15, 0.2) is 18.2 Å². The molecule has 0 heterocycles. The summed E-state index contributed by atoms with van der Waals surface area (Å²) in [7, 11) is -4.62. The van der Waals surface area contributed by atoms with E-state index in [1.54, 1.807) is 0 Å². The van der Waals surface area contributed by atoms with Gasteiger partial charge < -0.3 is 40.1 Å². The van der Waals surface area contributed by atoms with Crippen molar-refractivity contribution in [3.8, 4) is 11.5 Å². The highest BCUT2D eigenvalue weighted by Gasteiger charge is 2.60. The van der Waals surface area contributed by atoms with E-state index >= 15 is 0 Å². The van der Waals surface area contributed by atoms with Gasteiger partial charge >= 0.3 is 8.80 Å². The zero-order valence-corrected chi connectivity index (χ0v) is 28.3. The Kier molecular flexibility index (Phi) is 14.1. The number of hydrogen-bond donors (Lipinski definition) is 1. The molecule has 0 radical (unpaired) electrons. The van der Waals surface area contributed by atoms with Gasteiger partial charge in [-0.25, -0.2) is 0 Å². The molecule has 0 unspecified atom stereocenters. The molecular weight excluding hydrogens is 591 g/mol. The van der Waals surface area contributed by atoms with Crippen molar-refractivity contribution in [2.24, 2.45) is 0 Å². The van der Waals surface area contributed by atoms with Crippen LogP contribution in [0.3, 0.4) is 0 Å². The molecular formula is C31H54BrO5PSi. The highest BCUT2D eigenvalue weighted by atomic mass is 79.9. The third-order valence-electron chi connectivity index (χ3n) is 9.39. The van der Waals surface area contributed by atoms with Crippen LogP contribution in [-0.4, -0.2) is 56.9 Å². The normalized spacial score (nSPS) is 20.5. The monoisotopic (exact) mass is 644 g/mol. The lowest BCUT2D eigenvalue weighted by Gasteiger charge is -2.49. The molecule has 0 bridgehead atoms. The standard InChI is InChI=1S/C31H53O5PSi.BrH/c1-4-34-38(35-5-2,36-6-3)25-33-30-23-22-26(32)24-31(30)37(27-16-10-7-11-17-27,28-18-12-8-13-19-28)29-20-14-9-15-21-29;/h22-24,27-29H,4-21,25H2,1-3H3;1H. The Bertz CT molecular complexity index is 778. The fourth-order valence-corrected chi connectivity index (χ4v) is 17.7. The lowest BCUT2D eigenvalue weighted by atomic mass is 9.99. The van der Waals surface area contributed by atoms with Gasteiger partial charge in [-0.1, -0.05) is 19.3 Å². The second kappa shape index (κ2) is 16.5. The van der Waals surface area contributed by atoms with Gasteiger partial charge in [0.25, 0.3) is 0 Å². The smallest absolute Gasteiger partial charge is 0.540 e. The van der Waals surface area contributed by atoms with Crippen LogP contribution in [0, 0.1) is 0 Å². The van der Waals surface area contributed by atoms with Gasteiger partial charge in [0.2, 0.25) is 0 Å². The number of phenols is 1. The second-order valence-corrected chi connectivity index (χ2v) is 18.5. The van der Waals surface area contributed by atoms with Crippen LogP contribution in [0.2, 0.25) is 0 Å². The Morgan fingerprint density at radius 1 is 0.692 bits per heavy atom. The Morgan fingerprint density at radius 2 is 1.10 bits per heavy atom. The van der Waals surface area contributed by atoms with Crippen LogP contribution in [0.1, 0.15) is 117 Å². The predicted molar refractivity (Wildman–Crippen MR) is 161 cm³/mol. The third kappa shape index (κ3) is 7.81. The summed E-state index contributed by atoms with van der Waals surface area (Å²) in [5.74, 6) is 1.36. The fraction of sp³-hybridized carbons (Fsp3) is 0.806. The summed E-state index contributed by atoms with van der Waals surface area (Å²) in [5.41, 5.74) is 2.29. The van der Waals surface area contributed by atoms with Gasteiger partial charge in [-0.15, -0.1) is 0 Å². The zero-order chi connectivity index (χ0) is 26.8. The van der Waals surface area contributed by atoms with Crippen molar-refractivity contribution in [3.05, 3.63) is 18.2 Å². The molecule has 0 spiro atoms. The largest absolute Gasteiger partial charge is 1.00 e. The van der Waals surface area contributed by atoms with Crippen LogP contribution in [0.5, 0.6) is 11.5 Å². The van der Waals surface area contributed by atoms with Gasteiger partial charge in [-0.2, -0.15) is 0 Å². The van der Waals surface area contributed by atoms with Gasteiger partial charge in [0, 0.05) is 25.9 Å². The summed E-state index contributed by atoms with van der Waals surface area (Å²) < 4.78 is 25.3. The molecule has 5 nitrogen and oxygen atoms in total. The number of ether oxygens (including phenoxy) is 1. The molecule has 0 atom stereocenters. The quantitative estimate of drug-likeness (QED) is 0.242. The first-order valence-electron chi connectivity index (χ1n) is 15.9. The van der Waals surface area contributed by atoms with E-state index in [4.69, 9.17) is 18.0 Å². The Balaban J connectivity index is 0.00000420. The first-order valence-corrected chi connectivity index (χ1v) is 19.8. The van der Waals surface area contributed by atoms with E-state index in [0.29, 0.717) is 31.8 Å². The van der Waals surface area contributed by atoms with E-state index in [0.717, 1.165) is 22.7 Å². The highest BCUT2D eigenvalue weighted by molar-refractivity contribution is 7.85. The number of benzene rings is 1. The molecule has 224 valence electrons. The molecule has 3 saturated carbocycles. The Morgan fingerprint density at radius 3 is 1.49 bits per heavy atom. The van der Waals surface area contributed by atoms with E-state index in [1.165, 1.54) is 102 Å². The van der Waals surface area contributed by atoms with Crippen molar-refractivity contribution in [2.45, 2.75) is 134 Å². The van der Waals surface area contributed by atoms with E-state index in [2.05, 4.69) is 12.1 Å². The minimum Gasteiger partial charge on any atom is -1.00 e. The molecule has 3 fully saturated rings. The van der Waals surface area contributed by atoms with Crippen molar-refractivity contribution < 1.29 is 40.1 Å². The third-order valence-corrected chi connectivity index (χ3v) is 18.4. The summed E-state index contributed by atoms with van der Waals surface area (Å²) >= 11 is 0. The number of hydrogen-bond acceptors (Lipinski definition) is 5. The molecule has 0 aliphatic heterocycles. The molecule has 1 aromatic carbocycles. The number of rotatable bonds is 13. The van der Waals surface area contributed by atoms with E-state index in [-0.39, 0.29) is 17.0 Å². The highest BCUT2D eigenvalue weighted by Crippen LogP contribution is 2.77. The summed E-state index contributed by atoms with van der Waals surface area (Å²) in [6.45, 7) is 7.62. The van der Waals surface area contributed by atoms with Crippen LogP contribution in [-0.2, 0) is 13.3 Å².